The molecule has 2 aliphatic rings. The normalized spacial score (nSPS) is 20.7. The molecule has 146 valence electrons. The Balaban J connectivity index is 1.61. The van der Waals surface area contributed by atoms with Crippen LogP contribution < -0.4 is 0 Å². The smallest absolute Gasteiger partial charge is 0.289 e. The Morgan fingerprint density at radius 1 is 1.19 bits per heavy atom. The van der Waals surface area contributed by atoms with Crippen LogP contribution in [0, 0.1) is 0 Å². The lowest BCUT2D eigenvalue weighted by atomic mass is 9.96. The zero-order valence-corrected chi connectivity index (χ0v) is 16.5. The molecule has 0 N–H and O–H groups in total. The summed E-state index contributed by atoms with van der Waals surface area (Å²) < 4.78 is 30.7. The van der Waals surface area contributed by atoms with Crippen LogP contribution in [0.2, 0.25) is 0 Å². The van der Waals surface area contributed by atoms with Crippen LogP contribution in [-0.2, 0) is 16.8 Å². The molecule has 0 spiro atoms. The Bertz CT molecular complexity index is 719. The molecule has 0 radical (unpaired) electrons. The number of aromatic nitrogens is 2. The van der Waals surface area contributed by atoms with Crippen molar-refractivity contribution < 1.29 is 13.2 Å². The number of carbonyl (C=O) groups excluding carboxylic acids is 1. The van der Waals surface area contributed by atoms with E-state index in [1.807, 2.05) is 11.5 Å². The summed E-state index contributed by atoms with van der Waals surface area (Å²) in [6, 6.07) is 0.102. The summed E-state index contributed by atoms with van der Waals surface area (Å²) in [6.45, 7) is 4.10. The van der Waals surface area contributed by atoms with Crippen molar-refractivity contribution in [2.24, 2.45) is 0 Å². The van der Waals surface area contributed by atoms with Gasteiger partial charge in [-0.2, -0.15) is 17.0 Å². The van der Waals surface area contributed by atoms with Crippen LogP contribution >= 0.6 is 0 Å². The van der Waals surface area contributed by atoms with Crippen LogP contribution in [-0.4, -0.2) is 76.7 Å². The van der Waals surface area contributed by atoms with E-state index < -0.39 is 10.2 Å². The first-order valence-electron chi connectivity index (χ1n) is 9.48. The van der Waals surface area contributed by atoms with Gasteiger partial charge in [0.2, 0.25) is 0 Å². The number of hydrogen-bond acceptors (Lipinski definition) is 4. The molecule has 9 heteroatoms. The molecule has 1 aromatic heterocycles. The van der Waals surface area contributed by atoms with Gasteiger partial charge in [-0.1, -0.05) is 19.3 Å². The van der Waals surface area contributed by atoms with Crippen LogP contribution in [0.1, 0.15) is 49.6 Å². The molecule has 1 saturated carbocycles. The predicted molar refractivity (Wildman–Crippen MR) is 98.9 cm³/mol. The van der Waals surface area contributed by atoms with Gasteiger partial charge in [-0.15, -0.1) is 0 Å². The van der Waals surface area contributed by atoms with Crippen LogP contribution in [0.3, 0.4) is 0 Å². The van der Waals surface area contributed by atoms with Crippen molar-refractivity contribution in [2.75, 3.05) is 33.2 Å². The first-order valence-corrected chi connectivity index (χ1v) is 10.9. The van der Waals surface area contributed by atoms with Gasteiger partial charge < -0.3 is 9.47 Å². The maximum atomic E-state index is 12.9. The third-order valence-electron chi connectivity index (χ3n) is 5.55. The quantitative estimate of drug-likeness (QED) is 0.765. The number of amides is 1. The molecule has 1 amide bonds. The topological polar surface area (TPSA) is 78.8 Å². The Labute approximate surface area is 156 Å². The third kappa shape index (κ3) is 3.79. The van der Waals surface area contributed by atoms with Gasteiger partial charge in [0.05, 0.1) is 0 Å². The minimum absolute atomic E-state index is 0.102. The Kier molecular flexibility index (Phi) is 5.99. The van der Waals surface area contributed by atoms with Gasteiger partial charge in [0, 0.05) is 58.2 Å². The van der Waals surface area contributed by atoms with Crippen molar-refractivity contribution in [3.05, 3.63) is 18.2 Å². The number of nitrogens with zero attached hydrogens (tertiary/aromatic N) is 5. The van der Waals surface area contributed by atoms with E-state index in [2.05, 4.69) is 4.98 Å². The molecule has 0 atom stereocenters. The molecule has 2 fully saturated rings. The van der Waals surface area contributed by atoms with Crippen molar-refractivity contribution >= 4 is 16.1 Å². The SMILES string of the molecule is CCn1ccnc1C(=O)N1CCN(S(=O)(=O)N(C)C2CCCCC2)CC1. The fourth-order valence-corrected chi connectivity index (χ4v) is 5.42. The summed E-state index contributed by atoms with van der Waals surface area (Å²) in [6.07, 6.45) is 8.66. The molecular formula is C17H29N5O3S. The Hall–Kier alpha value is -1.45. The molecule has 1 aromatic rings. The van der Waals surface area contributed by atoms with Crippen molar-refractivity contribution in [2.45, 2.75) is 51.6 Å². The van der Waals surface area contributed by atoms with E-state index in [0.717, 1.165) is 25.7 Å². The van der Waals surface area contributed by atoms with E-state index in [9.17, 15) is 13.2 Å². The molecule has 1 saturated heterocycles. The third-order valence-corrected chi connectivity index (χ3v) is 7.60. The van der Waals surface area contributed by atoms with Crippen LogP contribution in [0.25, 0.3) is 0 Å². The fourth-order valence-electron chi connectivity index (χ4n) is 3.84. The van der Waals surface area contributed by atoms with E-state index in [1.54, 1.807) is 28.6 Å². The summed E-state index contributed by atoms with van der Waals surface area (Å²) in [7, 11) is -1.77. The molecule has 8 nitrogen and oxygen atoms in total. The number of hydrogen-bond donors (Lipinski definition) is 0. The van der Waals surface area contributed by atoms with E-state index in [-0.39, 0.29) is 11.9 Å². The molecule has 1 aliphatic heterocycles. The van der Waals surface area contributed by atoms with Gasteiger partial charge in [-0.05, 0) is 19.8 Å². The van der Waals surface area contributed by atoms with Gasteiger partial charge in [0.1, 0.15) is 0 Å². The lowest BCUT2D eigenvalue weighted by Crippen LogP contribution is -2.55. The lowest BCUT2D eigenvalue weighted by Gasteiger charge is -2.38. The summed E-state index contributed by atoms with van der Waals surface area (Å²) >= 11 is 0. The van der Waals surface area contributed by atoms with Gasteiger partial charge in [-0.25, -0.2) is 4.98 Å². The highest BCUT2D eigenvalue weighted by Crippen LogP contribution is 2.25. The largest absolute Gasteiger partial charge is 0.333 e. The average Bonchev–Trinajstić information content (AvgIpc) is 3.16. The van der Waals surface area contributed by atoms with Gasteiger partial charge in [-0.3, -0.25) is 4.79 Å². The maximum Gasteiger partial charge on any atom is 0.289 e. The van der Waals surface area contributed by atoms with E-state index in [0.29, 0.717) is 38.5 Å². The van der Waals surface area contributed by atoms with Crippen LogP contribution in [0.15, 0.2) is 12.4 Å². The zero-order valence-electron chi connectivity index (χ0n) is 15.7. The summed E-state index contributed by atoms with van der Waals surface area (Å²) in [5.74, 6) is 0.290. The van der Waals surface area contributed by atoms with Crippen molar-refractivity contribution in [3.63, 3.8) is 0 Å². The maximum absolute atomic E-state index is 12.9. The highest BCUT2D eigenvalue weighted by Gasteiger charge is 2.35. The molecular weight excluding hydrogens is 354 g/mol. The molecule has 26 heavy (non-hydrogen) atoms. The van der Waals surface area contributed by atoms with Gasteiger partial charge >= 0.3 is 0 Å². The molecule has 1 aliphatic carbocycles. The van der Waals surface area contributed by atoms with Crippen molar-refractivity contribution in [1.82, 2.24) is 23.1 Å². The fraction of sp³-hybridized carbons (Fsp3) is 0.765. The van der Waals surface area contributed by atoms with Crippen LogP contribution in [0.5, 0.6) is 0 Å². The second-order valence-corrected chi connectivity index (χ2v) is 9.03. The number of imidazole rings is 1. The average molecular weight is 384 g/mol. The minimum atomic E-state index is -3.47. The highest BCUT2D eigenvalue weighted by molar-refractivity contribution is 7.86. The Morgan fingerprint density at radius 3 is 2.46 bits per heavy atom. The molecule has 2 heterocycles. The number of aryl methyl sites for hydroxylation is 1. The second-order valence-electron chi connectivity index (χ2n) is 7.04. The van der Waals surface area contributed by atoms with Gasteiger partial charge in [0.15, 0.2) is 5.82 Å². The monoisotopic (exact) mass is 383 g/mol. The molecule has 0 unspecified atom stereocenters. The molecule has 3 rings (SSSR count). The van der Waals surface area contributed by atoms with Crippen LogP contribution in [0.4, 0.5) is 0 Å². The van der Waals surface area contributed by atoms with Gasteiger partial charge in [0.25, 0.3) is 16.1 Å². The first-order chi connectivity index (χ1) is 12.4. The standard InChI is InChI=1S/C17H29N5O3S/c1-3-20-10-9-18-16(20)17(23)21-11-13-22(14-12-21)26(24,25)19(2)15-7-5-4-6-8-15/h9-10,15H,3-8,11-14H2,1-2H3. The van der Waals surface area contributed by atoms with E-state index in [4.69, 9.17) is 0 Å². The first kappa shape index (κ1) is 19.3. The number of piperazine rings is 1. The lowest BCUT2D eigenvalue weighted by molar-refractivity contribution is 0.0675. The number of carbonyl (C=O) groups is 1. The van der Waals surface area contributed by atoms with E-state index in [1.165, 1.54) is 10.7 Å². The summed E-state index contributed by atoms with van der Waals surface area (Å²) in [5.41, 5.74) is 0. The summed E-state index contributed by atoms with van der Waals surface area (Å²) in [4.78, 5) is 18.5. The second kappa shape index (κ2) is 8.06. The Morgan fingerprint density at radius 2 is 1.85 bits per heavy atom. The zero-order chi connectivity index (χ0) is 18.7. The predicted octanol–water partition coefficient (Wildman–Crippen LogP) is 1.17. The summed E-state index contributed by atoms with van der Waals surface area (Å²) in [5, 5.41) is 0. The molecule has 0 aromatic carbocycles. The van der Waals surface area contributed by atoms with Crippen molar-refractivity contribution in [1.29, 1.82) is 0 Å². The highest BCUT2D eigenvalue weighted by atomic mass is 32.2. The van der Waals surface area contributed by atoms with E-state index >= 15 is 0 Å². The molecule has 0 bridgehead atoms. The minimum Gasteiger partial charge on any atom is -0.333 e. The van der Waals surface area contributed by atoms with Crippen molar-refractivity contribution in [3.8, 4) is 0 Å². The number of rotatable bonds is 5.